The molecule has 0 radical (unpaired) electrons. The van der Waals surface area contributed by atoms with E-state index >= 15 is 0 Å². The van der Waals surface area contributed by atoms with Crippen molar-refractivity contribution >= 4 is 0 Å². The molecule has 0 heterocycles. The monoisotopic (exact) mass is 236 g/mol. The Kier molecular flexibility index (Phi) is 4.13. The van der Waals surface area contributed by atoms with Gasteiger partial charge in [-0.1, -0.05) is 12.1 Å². The van der Waals surface area contributed by atoms with Crippen molar-refractivity contribution in [2.24, 2.45) is 11.7 Å². The molecule has 1 unspecified atom stereocenters. The van der Waals surface area contributed by atoms with Crippen LogP contribution in [0.2, 0.25) is 0 Å². The minimum absolute atomic E-state index is 0.174. The number of hydrogen-bond acceptors (Lipinski definition) is 2. The van der Waals surface area contributed by atoms with Crippen LogP contribution in [0.15, 0.2) is 24.3 Å². The molecule has 0 spiro atoms. The SMILES string of the molecule is CN(CCC(N)C1CC1)Cc1ccc(F)cc1. The van der Waals surface area contributed by atoms with Gasteiger partial charge in [0.2, 0.25) is 0 Å². The molecule has 2 rings (SSSR count). The van der Waals surface area contributed by atoms with Gasteiger partial charge in [-0.05, 0) is 56.5 Å². The van der Waals surface area contributed by atoms with Gasteiger partial charge in [0, 0.05) is 12.6 Å². The maximum absolute atomic E-state index is 12.7. The minimum atomic E-state index is -0.174. The summed E-state index contributed by atoms with van der Waals surface area (Å²) in [6.07, 6.45) is 3.67. The molecule has 2 N–H and O–H groups in total. The van der Waals surface area contributed by atoms with Gasteiger partial charge >= 0.3 is 0 Å². The molecule has 1 aliphatic rings. The van der Waals surface area contributed by atoms with Crippen molar-refractivity contribution < 1.29 is 4.39 Å². The number of nitrogens with zero attached hydrogens (tertiary/aromatic N) is 1. The maximum Gasteiger partial charge on any atom is 0.123 e. The molecular weight excluding hydrogens is 215 g/mol. The molecule has 0 saturated heterocycles. The van der Waals surface area contributed by atoms with Crippen LogP contribution in [-0.4, -0.2) is 24.5 Å². The molecule has 1 aromatic rings. The fourth-order valence-corrected chi connectivity index (χ4v) is 2.11. The largest absolute Gasteiger partial charge is 0.327 e. The molecule has 2 nitrogen and oxygen atoms in total. The number of nitrogens with two attached hydrogens (primary N) is 1. The third-order valence-corrected chi connectivity index (χ3v) is 3.44. The first kappa shape index (κ1) is 12.5. The highest BCUT2D eigenvalue weighted by molar-refractivity contribution is 5.15. The summed E-state index contributed by atoms with van der Waals surface area (Å²) in [5, 5.41) is 0. The van der Waals surface area contributed by atoms with Crippen LogP contribution in [0, 0.1) is 11.7 Å². The summed E-state index contributed by atoms with van der Waals surface area (Å²) in [6.45, 7) is 1.87. The Bertz CT molecular complexity index is 346. The van der Waals surface area contributed by atoms with E-state index in [9.17, 15) is 4.39 Å². The predicted octanol–water partition coefficient (Wildman–Crippen LogP) is 2.38. The van der Waals surface area contributed by atoms with E-state index in [2.05, 4.69) is 11.9 Å². The zero-order chi connectivity index (χ0) is 12.3. The molecule has 94 valence electrons. The molecule has 17 heavy (non-hydrogen) atoms. The van der Waals surface area contributed by atoms with Crippen LogP contribution in [0.4, 0.5) is 4.39 Å². The second kappa shape index (κ2) is 5.61. The third-order valence-electron chi connectivity index (χ3n) is 3.44. The quantitative estimate of drug-likeness (QED) is 0.821. The molecule has 0 aliphatic heterocycles. The van der Waals surface area contributed by atoms with E-state index < -0.39 is 0 Å². The molecule has 3 heteroatoms. The van der Waals surface area contributed by atoms with Crippen LogP contribution in [0.1, 0.15) is 24.8 Å². The average Bonchev–Trinajstić information content (AvgIpc) is 3.13. The highest BCUT2D eigenvalue weighted by atomic mass is 19.1. The van der Waals surface area contributed by atoms with Crippen LogP contribution in [0.25, 0.3) is 0 Å². The number of rotatable bonds is 6. The minimum Gasteiger partial charge on any atom is -0.327 e. The Balaban J connectivity index is 1.72. The molecule has 1 fully saturated rings. The van der Waals surface area contributed by atoms with Crippen molar-refractivity contribution in [2.75, 3.05) is 13.6 Å². The van der Waals surface area contributed by atoms with Gasteiger partial charge in [0.05, 0.1) is 0 Å². The van der Waals surface area contributed by atoms with Gasteiger partial charge in [-0.2, -0.15) is 0 Å². The van der Waals surface area contributed by atoms with Gasteiger partial charge in [-0.3, -0.25) is 0 Å². The number of hydrogen-bond donors (Lipinski definition) is 1. The summed E-state index contributed by atoms with van der Waals surface area (Å²) >= 11 is 0. The third kappa shape index (κ3) is 4.10. The molecule has 1 atom stereocenters. The maximum atomic E-state index is 12.7. The van der Waals surface area contributed by atoms with Gasteiger partial charge in [0.1, 0.15) is 5.82 Å². The fourth-order valence-electron chi connectivity index (χ4n) is 2.11. The molecular formula is C14H21FN2. The molecule has 0 bridgehead atoms. The van der Waals surface area contributed by atoms with Gasteiger partial charge in [0.25, 0.3) is 0 Å². The standard InChI is InChI=1S/C14H21FN2/c1-17(9-8-14(16)12-4-5-12)10-11-2-6-13(15)7-3-11/h2-3,6-7,12,14H,4-5,8-10,16H2,1H3. The topological polar surface area (TPSA) is 29.3 Å². The van der Waals surface area contributed by atoms with Crippen LogP contribution >= 0.6 is 0 Å². The lowest BCUT2D eigenvalue weighted by atomic mass is 10.1. The van der Waals surface area contributed by atoms with Crippen LogP contribution in [-0.2, 0) is 6.54 Å². The summed E-state index contributed by atoms with van der Waals surface area (Å²) in [4.78, 5) is 2.25. The first-order valence-electron chi connectivity index (χ1n) is 6.33. The molecule has 1 aliphatic carbocycles. The van der Waals surface area contributed by atoms with Gasteiger partial charge in [-0.25, -0.2) is 4.39 Å². The van der Waals surface area contributed by atoms with Crippen molar-refractivity contribution in [2.45, 2.75) is 31.8 Å². The van der Waals surface area contributed by atoms with Crippen molar-refractivity contribution in [3.8, 4) is 0 Å². The van der Waals surface area contributed by atoms with Gasteiger partial charge in [0.15, 0.2) is 0 Å². The van der Waals surface area contributed by atoms with Crippen LogP contribution in [0.5, 0.6) is 0 Å². The van der Waals surface area contributed by atoms with E-state index in [1.165, 1.54) is 25.0 Å². The number of halogens is 1. The van der Waals surface area contributed by atoms with E-state index in [4.69, 9.17) is 5.73 Å². The lowest BCUT2D eigenvalue weighted by molar-refractivity contribution is 0.305. The molecule has 0 amide bonds. The van der Waals surface area contributed by atoms with Gasteiger partial charge < -0.3 is 10.6 Å². The Morgan fingerprint density at radius 2 is 2.00 bits per heavy atom. The highest BCUT2D eigenvalue weighted by Gasteiger charge is 2.28. The van der Waals surface area contributed by atoms with Crippen LogP contribution < -0.4 is 5.73 Å². The molecule has 1 aromatic carbocycles. The van der Waals surface area contributed by atoms with Gasteiger partial charge in [-0.15, -0.1) is 0 Å². The summed E-state index contributed by atoms with van der Waals surface area (Å²) in [6, 6.07) is 7.07. The Morgan fingerprint density at radius 1 is 1.35 bits per heavy atom. The van der Waals surface area contributed by atoms with Crippen LogP contribution in [0.3, 0.4) is 0 Å². The highest BCUT2D eigenvalue weighted by Crippen LogP contribution is 2.32. The second-order valence-corrected chi connectivity index (χ2v) is 5.15. The van der Waals surface area contributed by atoms with E-state index in [-0.39, 0.29) is 5.82 Å². The number of benzene rings is 1. The zero-order valence-electron chi connectivity index (χ0n) is 10.4. The summed E-state index contributed by atoms with van der Waals surface area (Å²) in [5.74, 6) is 0.598. The average molecular weight is 236 g/mol. The lowest BCUT2D eigenvalue weighted by Gasteiger charge is -2.19. The second-order valence-electron chi connectivity index (χ2n) is 5.15. The Hall–Kier alpha value is -0.930. The zero-order valence-corrected chi connectivity index (χ0v) is 10.4. The molecule has 0 aromatic heterocycles. The summed E-state index contributed by atoms with van der Waals surface area (Å²) in [5.41, 5.74) is 7.21. The first-order chi connectivity index (χ1) is 8.15. The summed E-state index contributed by atoms with van der Waals surface area (Å²) < 4.78 is 12.7. The van der Waals surface area contributed by atoms with E-state index in [1.54, 1.807) is 0 Å². The van der Waals surface area contributed by atoms with Crippen molar-refractivity contribution in [1.82, 2.24) is 4.90 Å². The van der Waals surface area contributed by atoms with Crippen molar-refractivity contribution in [1.29, 1.82) is 0 Å². The Morgan fingerprint density at radius 3 is 2.59 bits per heavy atom. The fraction of sp³-hybridized carbons (Fsp3) is 0.571. The Labute approximate surface area is 103 Å². The first-order valence-corrected chi connectivity index (χ1v) is 6.33. The lowest BCUT2D eigenvalue weighted by Crippen LogP contribution is -2.29. The summed E-state index contributed by atoms with van der Waals surface area (Å²) in [7, 11) is 2.09. The van der Waals surface area contributed by atoms with E-state index in [1.807, 2.05) is 12.1 Å². The van der Waals surface area contributed by atoms with Crippen molar-refractivity contribution in [3.05, 3.63) is 35.6 Å². The van der Waals surface area contributed by atoms with E-state index in [0.29, 0.717) is 6.04 Å². The normalized spacial score (nSPS) is 17.4. The van der Waals surface area contributed by atoms with E-state index in [0.717, 1.165) is 31.0 Å². The molecule has 1 saturated carbocycles. The smallest absolute Gasteiger partial charge is 0.123 e. The predicted molar refractivity (Wildman–Crippen MR) is 68.1 cm³/mol. The van der Waals surface area contributed by atoms with Crippen molar-refractivity contribution in [3.63, 3.8) is 0 Å².